The first-order valence-electron chi connectivity index (χ1n) is 28.1. The van der Waals surface area contributed by atoms with Gasteiger partial charge >= 0.3 is 34.2 Å². The molecule has 8 heterocycles. The lowest BCUT2D eigenvalue weighted by atomic mass is 9.98. The second-order valence-corrected chi connectivity index (χ2v) is 43.0. The second kappa shape index (κ2) is 22.9. The summed E-state index contributed by atoms with van der Waals surface area (Å²) in [6.07, 6.45) is -2.22. The molecule has 79 heavy (non-hydrogen) atoms. The van der Waals surface area contributed by atoms with E-state index < -0.39 is 82.5 Å². The molecule has 4 aromatic heterocycles. The number of hydrogen-bond acceptors (Lipinski definition) is 18. The van der Waals surface area contributed by atoms with Crippen LogP contribution < -0.4 is 20.9 Å². The number of imidazole rings is 2. The predicted molar refractivity (Wildman–Crippen MR) is 312 cm³/mol. The molecule has 3 N–H and O–H groups in total. The summed E-state index contributed by atoms with van der Waals surface area (Å²) in [5, 5.41) is 2.64. The molecule has 0 unspecified atom stereocenters. The van der Waals surface area contributed by atoms with E-state index in [-0.39, 0.29) is 75.3 Å². The summed E-state index contributed by atoms with van der Waals surface area (Å²) in [5.41, 5.74) is 4.79. The summed E-state index contributed by atoms with van der Waals surface area (Å²) < 4.78 is 92.6. The summed E-state index contributed by atoms with van der Waals surface area (Å²) in [6.45, 7) is 38.9. The van der Waals surface area contributed by atoms with Crippen molar-refractivity contribution in [2.45, 2.75) is 224 Å². The number of aromatic nitrogens is 8. The molecule has 0 spiro atoms. The van der Waals surface area contributed by atoms with Gasteiger partial charge in [0.05, 0.1) is 25.9 Å². The number of hydrogen-bond donors (Lipinski definition) is 2. The minimum absolute atomic E-state index is 0.0498. The third-order valence-corrected chi connectivity index (χ3v) is 36.9. The van der Waals surface area contributed by atoms with E-state index >= 15 is 8.78 Å². The smallest absolute Gasteiger partial charge is 0.335 e. The lowest BCUT2D eigenvalue weighted by Gasteiger charge is -2.51. The standard InChI is InChI=1S/C27H47FN6O5Si2.C25H45FN6O4Si2/c1-15(2)40(16(3)4)36-13-20-22(38-41(39-40,17(5)6)18(7)8)27(10,28)25(37-20)34-14-29-21-23(33(11)12)31-26(30-19(9)35)32-24(21)34;1-14(2)37(15(3)4)33-12-18-20(35-38(36-37,16(5)6)17(7)8)25(9,26)23(34-18)32-13-28-19-21(31(10)11)29-24(27)30-22(19)32/h14-18,20,22,25H,13H2,1-12H3,(H,30,31,32,35);13-18,20,23H,12H2,1-11H3,(H2,27,29,30)/t20-,22-,25-,27-;18-,20-,23-,25-/m11/s1. The first kappa shape index (κ1) is 63.0. The Morgan fingerprint density at radius 1 is 0.595 bits per heavy atom. The Morgan fingerprint density at radius 2 is 0.937 bits per heavy atom. The van der Waals surface area contributed by atoms with Gasteiger partial charge in [0.25, 0.3) is 0 Å². The molecule has 4 aromatic rings. The average Bonchev–Trinajstić information content (AvgIpc) is 4.23. The fourth-order valence-corrected chi connectivity index (χ4v) is 34.9. The molecule has 4 aliphatic rings. The fraction of sp³-hybridized carbons (Fsp3) is 0.788. The number of ether oxygens (including phenoxy) is 2. The van der Waals surface area contributed by atoms with Gasteiger partial charge in [0, 0.05) is 35.1 Å². The number of amides is 1. The normalized spacial score (nSPS) is 28.6. The van der Waals surface area contributed by atoms with Crippen molar-refractivity contribution in [1.29, 1.82) is 0 Å². The van der Waals surface area contributed by atoms with Gasteiger partial charge in [-0.15, -0.1) is 0 Å². The highest BCUT2D eigenvalue weighted by molar-refractivity contribution is 6.84. The monoisotopic (exact) mass is 1180 g/mol. The van der Waals surface area contributed by atoms with Gasteiger partial charge in [-0.05, 0) is 58.2 Å². The molecule has 444 valence electrons. The van der Waals surface area contributed by atoms with Crippen molar-refractivity contribution in [3.05, 3.63) is 12.7 Å². The van der Waals surface area contributed by atoms with Gasteiger partial charge in [0.2, 0.25) is 17.8 Å². The van der Waals surface area contributed by atoms with Crippen LogP contribution in [0.3, 0.4) is 0 Å². The molecule has 0 saturated carbocycles. The summed E-state index contributed by atoms with van der Waals surface area (Å²) in [5.74, 6) is 0.911. The Balaban J connectivity index is 0.000000229. The molecule has 0 aromatic carbocycles. The van der Waals surface area contributed by atoms with Gasteiger partial charge in [-0.1, -0.05) is 111 Å². The van der Waals surface area contributed by atoms with Crippen molar-refractivity contribution in [1.82, 2.24) is 39.0 Å². The number of nitrogen functional groups attached to an aromatic ring is 1. The van der Waals surface area contributed by atoms with Crippen molar-refractivity contribution in [3.63, 3.8) is 0 Å². The highest BCUT2D eigenvalue weighted by atomic mass is 28.5. The van der Waals surface area contributed by atoms with E-state index in [2.05, 4.69) is 146 Å². The molecule has 8 atom stereocenters. The van der Waals surface area contributed by atoms with Crippen molar-refractivity contribution in [3.8, 4) is 0 Å². The van der Waals surface area contributed by atoms with Gasteiger partial charge in [-0.25, -0.2) is 18.7 Å². The van der Waals surface area contributed by atoms with Crippen LogP contribution in [0.5, 0.6) is 0 Å². The van der Waals surface area contributed by atoms with E-state index in [0.29, 0.717) is 34.0 Å². The van der Waals surface area contributed by atoms with Crippen LogP contribution in [-0.4, -0.2) is 156 Å². The maximum atomic E-state index is 17.3. The topological polar surface area (TPSA) is 223 Å². The molecule has 4 aliphatic heterocycles. The molecule has 1 amide bonds. The van der Waals surface area contributed by atoms with Crippen LogP contribution in [0, 0.1) is 0 Å². The molecule has 0 aliphatic carbocycles. The first-order valence-corrected chi connectivity index (χ1v) is 36.0. The van der Waals surface area contributed by atoms with Gasteiger partial charge in [-0.2, -0.15) is 19.9 Å². The van der Waals surface area contributed by atoms with Gasteiger partial charge < -0.3 is 50.9 Å². The van der Waals surface area contributed by atoms with E-state index in [9.17, 15) is 4.79 Å². The molecule has 0 radical (unpaired) electrons. The Labute approximate surface area is 471 Å². The SMILES string of the molecule is CC(=O)Nc1nc(N(C)C)c2ncn([C@@H]3O[C@@H]4CO[Si](C(C)C)(C(C)C)O[Si](C(C)C)(C(C)C)O[C@H]4[C@@]3(C)F)c2n1.CC(C)[Si]1(C(C)C)OC[C@H]2O[C@@H](n3cnc4c(N(C)C)nc(N)nc43)[C@](C)(F)[C@@H]2O[Si](C(C)C)(C(C)C)O1. The minimum Gasteiger partial charge on any atom is -0.414 e. The largest absolute Gasteiger partial charge is 0.414 e. The highest BCUT2D eigenvalue weighted by Gasteiger charge is 2.67. The zero-order valence-corrected chi connectivity index (χ0v) is 55.1. The zero-order chi connectivity index (χ0) is 59.0. The second-order valence-electron chi connectivity index (χ2n) is 25.3. The number of halogens is 2. The number of nitrogens with zero attached hydrogens (tertiary/aromatic N) is 10. The van der Waals surface area contributed by atoms with Crippen LogP contribution in [0.1, 0.15) is 144 Å². The molecule has 27 heteroatoms. The number of carbonyl (C=O) groups excluding carboxylic acids is 1. The fourth-order valence-electron chi connectivity index (χ4n) is 12.3. The zero-order valence-electron chi connectivity index (χ0n) is 51.1. The van der Waals surface area contributed by atoms with Gasteiger partial charge in [0.1, 0.15) is 24.4 Å². The number of carbonyl (C=O) groups is 1. The average molecular weight is 1180 g/mol. The number of nitrogens with two attached hydrogens (primary N) is 1. The first-order chi connectivity index (χ1) is 36.6. The summed E-state index contributed by atoms with van der Waals surface area (Å²) in [4.78, 5) is 42.1. The molecular formula is C52H92F2N12O9Si4. The van der Waals surface area contributed by atoms with Crippen LogP contribution in [0.25, 0.3) is 22.3 Å². The number of nitrogens with one attached hydrogen (secondary N) is 1. The van der Waals surface area contributed by atoms with Crippen molar-refractivity contribution in [2.75, 3.05) is 62.3 Å². The summed E-state index contributed by atoms with van der Waals surface area (Å²) >= 11 is 0. The third kappa shape index (κ3) is 11.0. The van der Waals surface area contributed by atoms with Crippen LogP contribution >= 0.6 is 0 Å². The molecule has 4 fully saturated rings. The Kier molecular flexibility index (Phi) is 18.2. The molecule has 4 saturated heterocycles. The lowest BCUT2D eigenvalue weighted by Crippen LogP contribution is -2.66. The van der Waals surface area contributed by atoms with Gasteiger partial charge in [-0.3, -0.25) is 19.2 Å². The van der Waals surface area contributed by atoms with E-state index in [4.69, 9.17) is 41.1 Å². The number of rotatable bonds is 13. The number of fused-ring (bicyclic) bond motifs is 4. The van der Waals surface area contributed by atoms with Crippen LogP contribution in [-0.2, 0) is 40.2 Å². The summed E-state index contributed by atoms with van der Waals surface area (Å²) in [7, 11) is -4.34. The Bertz CT molecular complexity index is 2770. The number of anilines is 4. The number of alkyl halides is 2. The molecule has 0 bridgehead atoms. The van der Waals surface area contributed by atoms with E-state index in [1.165, 1.54) is 27.1 Å². The summed E-state index contributed by atoms with van der Waals surface area (Å²) in [6, 6.07) is 0. The highest BCUT2D eigenvalue weighted by Crippen LogP contribution is 2.54. The van der Waals surface area contributed by atoms with Crippen LogP contribution in [0.15, 0.2) is 12.7 Å². The van der Waals surface area contributed by atoms with Crippen LogP contribution in [0.4, 0.5) is 32.3 Å². The van der Waals surface area contributed by atoms with Crippen molar-refractivity contribution >= 4 is 86.0 Å². The lowest BCUT2D eigenvalue weighted by molar-refractivity contribution is -0.114. The van der Waals surface area contributed by atoms with Crippen molar-refractivity contribution in [2.24, 2.45) is 0 Å². The van der Waals surface area contributed by atoms with E-state index in [1.807, 2.05) is 28.2 Å². The van der Waals surface area contributed by atoms with Gasteiger partial charge in [0.15, 0.2) is 57.8 Å². The van der Waals surface area contributed by atoms with E-state index in [0.717, 1.165) is 0 Å². The molecular weight excluding hydrogens is 1090 g/mol. The Hall–Kier alpha value is -3.62. The molecule has 21 nitrogen and oxygen atoms in total. The predicted octanol–water partition coefficient (Wildman–Crippen LogP) is 10.5. The molecule has 8 rings (SSSR count). The maximum Gasteiger partial charge on any atom is 0.335 e. The third-order valence-electron chi connectivity index (χ3n) is 16.5. The maximum absolute atomic E-state index is 17.3. The quantitative estimate of drug-likeness (QED) is 0.119. The Morgan fingerprint density at radius 3 is 1.27 bits per heavy atom. The van der Waals surface area contributed by atoms with Crippen molar-refractivity contribution < 1.29 is 49.0 Å². The van der Waals surface area contributed by atoms with Crippen LogP contribution in [0.2, 0.25) is 44.3 Å². The van der Waals surface area contributed by atoms with E-state index in [1.54, 1.807) is 25.3 Å². The minimum atomic E-state index is -3.06.